The number of amides is 1. The predicted octanol–water partition coefficient (Wildman–Crippen LogP) is 2.86. The van der Waals surface area contributed by atoms with E-state index in [1.807, 2.05) is 12.1 Å². The first-order valence-electron chi connectivity index (χ1n) is 6.00. The van der Waals surface area contributed by atoms with Crippen LogP contribution in [0.2, 0.25) is 10.0 Å². The number of halogens is 2. The van der Waals surface area contributed by atoms with Crippen LogP contribution in [0.15, 0.2) is 18.2 Å². The van der Waals surface area contributed by atoms with Gasteiger partial charge in [-0.2, -0.15) is 11.8 Å². The second-order valence-corrected chi connectivity index (χ2v) is 5.90. The van der Waals surface area contributed by atoms with Crippen molar-refractivity contribution in [1.82, 2.24) is 5.32 Å². The minimum absolute atomic E-state index is 0.0655. The molecule has 0 heterocycles. The van der Waals surface area contributed by atoms with E-state index in [0.717, 1.165) is 5.56 Å². The number of aliphatic carboxylic acids is 1. The largest absolute Gasteiger partial charge is 0.481 e. The van der Waals surface area contributed by atoms with Crippen LogP contribution in [0.4, 0.5) is 0 Å². The maximum atomic E-state index is 11.5. The first kappa shape index (κ1) is 17.1. The van der Waals surface area contributed by atoms with Gasteiger partial charge < -0.3 is 10.4 Å². The standard InChI is InChI=1S/C13H15Cl2NO3S/c14-10-3-1-2-9(13(10)15)4-6-16-11(17)8-20-7-5-12(18)19/h1-3H,4-8H2,(H,16,17)(H,18,19). The normalized spacial score (nSPS) is 10.3. The summed E-state index contributed by atoms with van der Waals surface area (Å²) in [6.45, 7) is 0.471. The Kier molecular flexibility index (Phi) is 7.80. The number of carboxylic acid groups (broad SMARTS) is 1. The van der Waals surface area contributed by atoms with Gasteiger partial charge in [0.25, 0.3) is 0 Å². The lowest BCUT2D eigenvalue weighted by molar-refractivity contribution is -0.136. The van der Waals surface area contributed by atoms with E-state index in [-0.39, 0.29) is 18.1 Å². The van der Waals surface area contributed by atoms with Crippen LogP contribution in [0.5, 0.6) is 0 Å². The highest BCUT2D eigenvalue weighted by Gasteiger charge is 2.06. The van der Waals surface area contributed by atoms with Gasteiger partial charge in [-0.1, -0.05) is 35.3 Å². The van der Waals surface area contributed by atoms with E-state index >= 15 is 0 Å². The molecule has 4 nitrogen and oxygen atoms in total. The zero-order chi connectivity index (χ0) is 15.0. The summed E-state index contributed by atoms with van der Waals surface area (Å²) in [5, 5.41) is 12.2. The van der Waals surface area contributed by atoms with Gasteiger partial charge in [0.15, 0.2) is 0 Å². The zero-order valence-electron chi connectivity index (χ0n) is 10.7. The van der Waals surface area contributed by atoms with Crippen molar-refractivity contribution in [2.24, 2.45) is 0 Å². The van der Waals surface area contributed by atoms with Crippen molar-refractivity contribution in [2.75, 3.05) is 18.1 Å². The van der Waals surface area contributed by atoms with Gasteiger partial charge in [0.2, 0.25) is 5.91 Å². The van der Waals surface area contributed by atoms with Crippen molar-refractivity contribution < 1.29 is 14.7 Å². The number of benzene rings is 1. The number of hydrogen-bond donors (Lipinski definition) is 2. The molecule has 20 heavy (non-hydrogen) atoms. The fourth-order valence-electron chi connectivity index (χ4n) is 1.45. The highest BCUT2D eigenvalue weighted by molar-refractivity contribution is 7.99. The number of nitrogens with one attached hydrogen (secondary N) is 1. The minimum atomic E-state index is -0.853. The molecule has 0 radical (unpaired) electrons. The summed E-state index contributed by atoms with van der Waals surface area (Å²) in [5.74, 6) is -0.272. The summed E-state index contributed by atoms with van der Waals surface area (Å²) < 4.78 is 0. The lowest BCUT2D eigenvalue weighted by atomic mass is 10.1. The highest BCUT2D eigenvalue weighted by Crippen LogP contribution is 2.25. The number of thioether (sulfide) groups is 1. The summed E-state index contributed by atoms with van der Waals surface area (Å²) in [7, 11) is 0. The van der Waals surface area contributed by atoms with Crippen LogP contribution in [-0.4, -0.2) is 35.0 Å². The van der Waals surface area contributed by atoms with Crippen LogP contribution in [0.25, 0.3) is 0 Å². The van der Waals surface area contributed by atoms with E-state index in [1.54, 1.807) is 6.07 Å². The van der Waals surface area contributed by atoms with Gasteiger partial charge in [-0.3, -0.25) is 9.59 Å². The Morgan fingerprint density at radius 1 is 1.30 bits per heavy atom. The molecule has 0 saturated heterocycles. The maximum absolute atomic E-state index is 11.5. The van der Waals surface area contributed by atoms with E-state index in [4.69, 9.17) is 28.3 Å². The van der Waals surface area contributed by atoms with Gasteiger partial charge in [0, 0.05) is 12.3 Å². The first-order valence-corrected chi connectivity index (χ1v) is 7.91. The van der Waals surface area contributed by atoms with Crippen LogP contribution in [0.3, 0.4) is 0 Å². The lowest BCUT2D eigenvalue weighted by Gasteiger charge is -2.07. The summed E-state index contributed by atoms with van der Waals surface area (Å²) >= 11 is 13.2. The Morgan fingerprint density at radius 2 is 2.05 bits per heavy atom. The van der Waals surface area contributed by atoms with Crippen molar-refractivity contribution in [3.8, 4) is 0 Å². The van der Waals surface area contributed by atoms with E-state index in [9.17, 15) is 9.59 Å². The molecule has 1 rings (SSSR count). The average Bonchev–Trinajstić information content (AvgIpc) is 2.39. The third kappa shape index (κ3) is 6.50. The molecule has 1 aromatic carbocycles. The number of rotatable bonds is 8. The van der Waals surface area contributed by atoms with Crippen LogP contribution >= 0.6 is 35.0 Å². The van der Waals surface area contributed by atoms with E-state index < -0.39 is 5.97 Å². The molecule has 0 unspecified atom stereocenters. The van der Waals surface area contributed by atoms with Crippen LogP contribution < -0.4 is 5.32 Å². The van der Waals surface area contributed by atoms with Crippen molar-refractivity contribution in [1.29, 1.82) is 0 Å². The van der Waals surface area contributed by atoms with E-state index in [1.165, 1.54) is 11.8 Å². The molecule has 0 aliphatic heterocycles. The van der Waals surface area contributed by atoms with E-state index in [2.05, 4.69) is 5.32 Å². The maximum Gasteiger partial charge on any atom is 0.304 e. The second kappa shape index (κ2) is 9.10. The minimum Gasteiger partial charge on any atom is -0.481 e. The Bertz CT molecular complexity index is 483. The molecule has 7 heteroatoms. The Balaban J connectivity index is 2.22. The molecule has 0 fully saturated rings. The Morgan fingerprint density at radius 3 is 2.75 bits per heavy atom. The topological polar surface area (TPSA) is 66.4 Å². The number of carboxylic acids is 1. The molecule has 0 bridgehead atoms. The Hall–Kier alpha value is -0.910. The quantitative estimate of drug-likeness (QED) is 0.717. The molecule has 0 spiro atoms. The fourth-order valence-corrected chi connectivity index (χ4v) is 2.62. The molecule has 1 aromatic rings. The predicted molar refractivity (Wildman–Crippen MR) is 82.8 cm³/mol. The van der Waals surface area contributed by atoms with Gasteiger partial charge in [0.1, 0.15) is 0 Å². The van der Waals surface area contributed by atoms with Gasteiger partial charge in [-0.25, -0.2) is 0 Å². The number of carbonyl (C=O) groups excluding carboxylic acids is 1. The third-order valence-corrected chi connectivity index (χ3v) is 4.26. The highest BCUT2D eigenvalue weighted by atomic mass is 35.5. The fraction of sp³-hybridized carbons (Fsp3) is 0.385. The second-order valence-electron chi connectivity index (χ2n) is 4.01. The summed E-state index contributed by atoms with van der Waals surface area (Å²) in [4.78, 5) is 21.8. The molecule has 110 valence electrons. The summed E-state index contributed by atoms with van der Waals surface area (Å²) in [6, 6.07) is 5.39. The summed E-state index contributed by atoms with van der Waals surface area (Å²) in [5.41, 5.74) is 0.887. The van der Waals surface area contributed by atoms with Crippen molar-refractivity contribution >= 4 is 46.8 Å². The first-order chi connectivity index (χ1) is 9.50. The van der Waals surface area contributed by atoms with Crippen LogP contribution in [0.1, 0.15) is 12.0 Å². The molecular weight excluding hydrogens is 321 g/mol. The van der Waals surface area contributed by atoms with Crippen molar-refractivity contribution in [2.45, 2.75) is 12.8 Å². The molecular formula is C13H15Cl2NO3S. The molecule has 0 aromatic heterocycles. The molecule has 0 aliphatic carbocycles. The number of hydrogen-bond acceptors (Lipinski definition) is 3. The lowest BCUT2D eigenvalue weighted by Crippen LogP contribution is -2.27. The average molecular weight is 336 g/mol. The molecule has 0 saturated carbocycles. The molecule has 2 N–H and O–H groups in total. The monoisotopic (exact) mass is 335 g/mol. The SMILES string of the molecule is O=C(O)CCSCC(=O)NCCc1cccc(Cl)c1Cl. The van der Waals surface area contributed by atoms with Crippen molar-refractivity contribution in [3.63, 3.8) is 0 Å². The van der Waals surface area contributed by atoms with Crippen molar-refractivity contribution in [3.05, 3.63) is 33.8 Å². The van der Waals surface area contributed by atoms with Gasteiger partial charge in [0.05, 0.1) is 22.2 Å². The smallest absolute Gasteiger partial charge is 0.304 e. The third-order valence-electron chi connectivity index (χ3n) is 2.44. The van der Waals surface area contributed by atoms with Crippen LogP contribution in [-0.2, 0) is 16.0 Å². The molecule has 0 aliphatic rings. The number of carbonyl (C=O) groups is 2. The Labute approximate surface area is 131 Å². The molecule has 1 amide bonds. The van der Waals surface area contributed by atoms with Gasteiger partial charge in [-0.15, -0.1) is 0 Å². The van der Waals surface area contributed by atoms with Gasteiger partial charge in [-0.05, 0) is 18.1 Å². The summed E-state index contributed by atoms with van der Waals surface area (Å²) in [6.07, 6.45) is 0.668. The van der Waals surface area contributed by atoms with Gasteiger partial charge >= 0.3 is 5.97 Å². The zero-order valence-corrected chi connectivity index (χ0v) is 13.0. The van der Waals surface area contributed by atoms with Crippen LogP contribution in [0, 0.1) is 0 Å². The molecule has 0 atom stereocenters. The van der Waals surface area contributed by atoms with E-state index in [0.29, 0.717) is 28.8 Å².